The maximum atomic E-state index is 5.74. The zero-order chi connectivity index (χ0) is 17.5. The van der Waals surface area contributed by atoms with E-state index in [2.05, 4.69) is 20.7 Å². The summed E-state index contributed by atoms with van der Waals surface area (Å²) in [6, 6.07) is 5.85. The molecule has 0 unspecified atom stereocenters. The second-order valence-electron chi connectivity index (χ2n) is 5.88. The highest BCUT2D eigenvalue weighted by Crippen LogP contribution is 2.32. The molecule has 7 heteroatoms. The van der Waals surface area contributed by atoms with Crippen molar-refractivity contribution >= 4 is 11.6 Å². The number of hydrogen-bond donors (Lipinski definition) is 2. The molecule has 25 heavy (non-hydrogen) atoms. The van der Waals surface area contributed by atoms with E-state index in [4.69, 9.17) is 9.47 Å². The van der Waals surface area contributed by atoms with Crippen LogP contribution in [0.1, 0.15) is 18.9 Å². The standard InChI is InChI=1S/C18H25N5O2/c1-3-19-18(20-7-8-23-13-14(2)12-21-23)22-15-5-6-16-17(11-15)25-10-4-9-24-16/h5-6,11-13H,3-4,7-10H2,1-2H3,(H2,19,20,22). The number of guanidine groups is 1. The lowest BCUT2D eigenvalue weighted by Crippen LogP contribution is -2.31. The molecule has 2 N–H and O–H groups in total. The normalized spacial score (nSPS) is 14.1. The van der Waals surface area contributed by atoms with E-state index < -0.39 is 0 Å². The third kappa shape index (κ3) is 4.89. The van der Waals surface area contributed by atoms with Crippen molar-refractivity contribution in [2.45, 2.75) is 26.8 Å². The van der Waals surface area contributed by atoms with Crippen molar-refractivity contribution in [3.63, 3.8) is 0 Å². The fourth-order valence-electron chi connectivity index (χ4n) is 2.54. The minimum atomic E-state index is 0.640. The Morgan fingerprint density at radius 2 is 2.12 bits per heavy atom. The van der Waals surface area contributed by atoms with Gasteiger partial charge in [-0.1, -0.05) is 0 Å². The van der Waals surface area contributed by atoms with Crippen molar-refractivity contribution in [3.8, 4) is 11.5 Å². The van der Waals surface area contributed by atoms with E-state index in [1.54, 1.807) is 0 Å². The summed E-state index contributed by atoms with van der Waals surface area (Å²) >= 11 is 0. The monoisotopic (exact) mass is 343 g/mol. The molecule has 0 atom stereocenters. The van der Waals surface area contributed by atoms with E-state index >= 15 is 0 Å². The molecule has 0 amide bonds. The van der Waals surface area contributed by atoms with Crippen molar-refractivity contribution in [1.29, 1.82) is 0 Å². The van der Waals surface area contributed by atoms with E-state index in [1.807, 2.05) is 49.1 Å². The van der Waals surface area contributed by atoms with E-state index in [1.165, 1.54) is 0 Å². The Balaban J connectivity index is 1.64. The van der Waals surface area contributed by atoms with E-state index in [0.29, 0.717) is 19.8 Å². The topological polar surface area (TPSA) is 72.7 Å². The van der Waals surface area contributed by atoms with E-state index in [9.17, 15) is 0 Å². The van der Waals surface area contributed by atoms with Crippen LogP contribution in [0.15, 0.2) is 35.6 Å². The first-order valence-electron chi connectivity index (χ1n) is 8.68. The Morgan fingerprint density at radius 1 is 1.28 bits per heavy atom. The van der Waals surface area contributed by atoms with Crippen molar-refractivity contribution in [1.82, 2.24) is 15.1 Å². The molecule has 0 saturated carbocycles. The van der Waals surface area contributed by atoms with Crippen LogP contribution in [0.3, 0.4) is 0 Å². The van der Waals surface area contributed by atoms with Crippen LogP contribution in [0, 0.1) is 6.92 Å². The first-order valence-corrected chi connectivity index (χ1v) is 8.68. The number of anilines is 1. The number of nitrogens with zero attached hydrogens (tertiary/aromatic N) is 3. The van der Waals surface area contributed by atoms with Gasteiger partial charge in [-0.3, -0.25) is 9.67 Å². The highest BCUT2D eigenvalue weighted by Gasteiger charge is 2.11. The van der Waals surface area contributed by atoms with Crippen molar-refractivity contribution in [2.75, 3.05) is 31.6 Å². The Kier molecular flexibility index (Phi) is 5.77. The molecular formula is C18H25N5O2. The smallest absolute Gasteiger partial charge is 0.195 e. The fraction of sp³-hybridized carbons (Fsp3) is 0.444. The predicted molar refractivity (Wildman–Crippen MR) is 98.6 cm³/mol. The minimum Gasteiger partial charge on any atom is -0.490 e. The third-order valence-electron chi connectivity index (χ3n) is 3.72. The molecule has 2 heterocycles. The van der Waals surface area contributed by atoms with Gasteiger partial charge in [-0.15, -0.1) is 0 Å². The lowest BCUT2D eigenvalue weighted by Gasteiger charge is -2.13. The highest BCUT2D eigenvalue weighted by molar-refractivity contribution is 5.93. The molecule has 1 aliphatic heterocycles. The van der Waals surface area contributed by atoms with Crippen LogP contribution in [-0.2, 0) is 6.54 Å². The summed E-state index contributed by atoms with van der Waals surface area (Å²) in [5.74, 6) is 2.30. The SMILES string of the molecule is CCNC(=NCCn1cc(C)cn1)Nc1ccc2c(c1)OCCCO2. The number of rotatable bonds is 5. The summed E-state index contributed by atoms with van der Waals surface area (Å²) < 4.78 is 13.3. The number of aryl methyl sites for hydroxylation is 1. The molecule has 2 aromatic rings. The number of hydrogen-bond acceptors (Lipinski definition) is 4. The van der Waals surface area contributed by atoms with Gasteiger partial charge in [0.1, 0.15) is 0 Å². The van der Waals surface area contributed by atoms with Gasteiger partial charge in [-0.2, -0.15) is 5.10 Å². The summed E-state index contributed by atoms with van der Waals surface area (Å²) in [5, 5.41) is 10.8. The highest BCUT2D eigenvalue weighted by atomic mass is 16.5. The molecule has 7 nitrogen and oxygen atoms in total. The number of aliphatic imine (C=N–C) groups is 1. The van der Waals surface area contributed by atoms with Gasteiger partial charge in [-0.25, -0.2) is 0 Å². The first-order chi connectivity index (χ1) is 12.2. The van der Waals surface area contributed by atoms with E-state index in [-0.39, 0.29) is 0 Å². The zero-order valence-electron chi connectivity index (χ0n) is 14.8. The Bertz CT molecular complexity index is 726. The Labute approximate surface area is 148 Å². The Hall–Kier alpha value is -2.70. The second-order valence-corrected chi connectivity index (χ2v) is 5.88. The first kappa shape index (κ1) is 17.1. The number of aromatic nitrogens is 2. The maximum absolute atomic E-state index is 5.74. The van der Waals surface area contributed by atoms with Gasteiger partial charge < -0.3 is 20.1 Å². The molecule has 134 valence electrons. The fourth-order valence-corrected chi connectivity index (χ4v) is 2.54. The molecule has 1 aromatic heterocycles. The third-order valence-corrected chi connectivity index (χ3v) is 3.72. The predicted octanol–water partition coefficient (Wildman–Crippen LogP) is 2.43. The molecule has 0 saturated heterocycles. The molecule has 0 radical (unpaired) electrons. The number of nitrogens with one attached hydrogen (secondary N) is 2. The van der Waals surface area contributed by atoms with Gasteiger partial charge in [0, 0.05) is 30.9 Å². The van der Waals surface area contributed by atoms with Crippen LogP contribution >= 0.6 is 0 Å². The molecule has 0 fully saturated rings. The Morgan fingerprint density at radius 3 is 2.88 bits per heavy atom. The van der Waals surface area contributed by atoms with Crippen molar-refractivity contribution in [2.24, 2.45) is 4.99 Å². The summed E-state index contributed by atoms with van der Waals surface area (Å²) in [6.07, 6.45) is 4.76. The lowest BCUT2D eigenvalue weighted by molar-refractivity contribution is 0.297. The molecule has 0 spiro atoms. The van der Waals surface area contributed by atoms with Crippen LogP contribution in [0.5, 0.6) is 11.5 Å². The van der Waals surface area contributed by atoms with Gasteiger partial charge in [0.05, 0.1) is 32.5 Å². The second kappa shape index (κ2) is 8.41. The molecule has 1 aliphatic rings. The maximum Gasteiger partial charge on any atom is 0.195 e. The average molecular weight is 343 g/mol. The summed E-state index contributed by atoms with van der Waals surface area (Å²) in [6.45, 7) is 7.61. The number of fused-ring (bicyclic) bond motifs is 1. The molecule has 3 rings (SSSR count). The largest absolute Gasteiger partial charge is 0.490 e. The van der Waals surface area contributed by atoms with Crippen molar-refractivity contribution < 1.29 is 9.47 Å². The molecule has 0 bridgehead atoms. The van der Waals surface area contributed by atoms with E-state index in [0.717, 1.165) is 48.2 Å². The summed E-state index contributed by atoms with van der Waals surface area (Å²) in [7, 11) is 0. The number of benzene rings is 1. The van der Waals surface area contributed by atoms with Crippen molar-refractivity contribution in [3.05, 3.63) is 36.2 Å². The van der Waals surface area contributed by atoms with Crippen LogP contribution in [-0.4, -0.2) is 42.0 Å². The lowest BCUT2D eigenvalue weighted by atomic mass is 10.3. The van der Waals surface area contributed by atoms with Crippen LogP contribution < -0.4 is 20.1 Å². The van der Waals surface area contributed by atoms with Gasteiger partial charge in [0.25, 0.3) is 0 Å². The van der Waals surface area contributed by atoms with Gasteiger partial charge in [-0.05, 0) is 31.5 Å². The summed E-state index contributed by atoms with van der Waals surface area (Å²) in [5.41, 5.74) is 2.07. The average Bonchev–Trinajstić information content (AvgIpc) is 2.88. The minimum absolute atomic E-state index is 0.640. The quantitative estimate of drug-likeness (QED) is 0.644. The van der Waals surface area contributed by atoms with Crippen LogP contribution in [0.4, 0.5) is 5.69 Å². The summed E-state index contributed by atoms with van der Waals surface area (Å²) in [4.78, 5) is 4.61. The molecular weight excluding hydrogens is 318 g/mol. The number of ether oxygens (including phenoxy) is 2. The van der Waals surface area contributed by atoms with Gasteiger partial charge in [0.2, 0.25) is 0 Å². The van der Waals surface area contributed by atoms with Crippen LogP contribution in [0.2, 0.25) is 0 Å². The van der Waals surface area contributed by atoms with Crippen LogP contribution in [0.25, 0.3) is 0 Å². The molecule has 0 aliphatic carbocycles. The zero-order valence-corrected chi connectivity index (χ0v) is 14.8. The van der Waals surface area contributed by atoms with Gasteiger partial charge in [0.15, 0.2) is 17.5 Å². The van der Waals surface area contributed by atoms with Gasteiger partial charge >= 0.3 is 0 Å². The molecule has 1 aromatic carbocycles.